The van der Waals surface area contributed by atoms with Gasteiger partial charge in [0.2, 0.25) is 11.8 Å². The number of benzene rings is 1. The van der Waals surface area contributed by atoms with Gasteiger partial charge in [0, 0.05) is 17.2 Å². The number of rotatable bonds is 5. The summed E-state index contributed by atoms with van der Waals surface area (Å²) in [6.07, 6.45) is 1.83. The lowest BCUT2D eigenvalue weighted by Crippen LogP contribution is -2.33. The summed E-state index contributed by atoms with van der Waals surface area (Å²) < 4.78 is 0. The molecule has 1 aromatic carbocycles. The Morgan fingerprint density at radius 2 is 1.79 bits per heavy atom. The van der Waals surface area contributed by atoms with Gasteiger partial charge in [-0.05, 0) is 44.0 Å². The first-order valence-corrected chi connectivity index (χ1v) is 6.25. The molecule has 0 saturated heterocycles. The molecule has 100 valence electrons. The third kappa shape index (κ3) is 3.91. The van der Waals surface area contributed by atoms with Gasteiger partial charge < -0.3 is 10.6 Å². The predicted molar refractivity (Wildman–Crippen MR) is 70.8 cm³/mol. The van der Waals surface area contributed by atoms with E-state index in [1.807, 2.05) is 0 Å². The number of hydrogen-bond acceptors (Lipinski definition) is 3. The van der Waals surface area contributed by atoms with Crippen LogP contribution in [0.25, 0.3) is 0 Å². The van der Waals surface area contributed by atoms with Gasteiger partial charge in [-0.1, -0.05) is 0 Å². The molecule has 1 aliphatic rings. The van der Waals surface area contributed by atoms with Crippen LogP contribution in [0, 0.1) is 5.92 Å². The largest absolute Gasteiger partial charge is 0.347 e. The molecule has 2 N–H and O–H groups in total. The summed E-state index contributed by atoms with van der Waals surface area (Å²) in [5, 5.41) is 5.25. The molecule has 0 heterocycles. The molecule has 0 radical (unpaired) electrons. The molecular formula is C14H16N2O3. The maximum atomic E-state index is 11.6. The van der Waals surface area contributed by atoms with E-state index < -0.39 is 0 Å². The van der Waals surface area contributed by atoms with E-state index in [9.17, 15) is 14.4 Å². The Balaban J connectivity index is 1.80. The SMILES string of the molecule is CC(=O)c1ccc(NC(=O)CNC(=O)C2CC2)cc1. The fraction of sp³-hybridized carbons (Fsp3) is 0.357. The first-order chi connectivity index (χ1) is 9.06. The summed E-state index contributed by atoms with van der Waals surface area (Å²) in [7, 11) is 0. The third-order valence-electron chi connectivity index (χ3n) is 2.95. The summed E-state index contributed by atoms with van der Waals surface area (Å²) >= 11 is 0. The van der Waals surface area contributed by atoms with Crippen molar-refractivity contribution in [2.24, 2.45) is 5.92 Å². The zero-order valence-corrected chi connectivity index (χ0v) is 10.7. The molecule has 0 aromatic heterocycles. The summed E-state index contributed by atoms with van der Waals surface area (Å²) in [5.74, 6) is -0.246. The molecule has 1 aromatic rings. The molecule has 19 heavy (non-hydrogen) atoms. The van der Waals surface area contributed by atoms with Crippen molar-refractivity contribution in [3.05, 3.63) is 29.8 Å². The lowest BCUT2D eigenvalue weighted by molar-refractivity contribution is -0.125. The van der Waals surface area contributed by atoms with Crippen molar-refractivity contribution >= 4 is 23.3 Å². The van der Waals surface area contributed by atoms with E-state index in [-0.39, 0.29) is 30.1 Å². The predicted octanol–water partition coefficient (Wildman–Crippen LogP) is 1.35. The van der Waals surface area contributed by atoms with Crippen LogP contribution >= 0.6 is 0 Å². The fourth-order valence-corrected chi connectivity index (χ4v) is 1.65. The zero-order chi connectivity index (χ0) is 13.8. The maximum absolute atomic E-state index is 11.6. The van der Waals surface area contributed by atoms with Crippen LogP contribution in [-0.2, 0) is 9.59 Å². The van der Waals surface area contributed by atoms with Gasteiger partial charge >= 0.3 is 0 Å². The van der Waals surface area contributed by atoms with E-state index in [0.717, 1.165) is 12.8 Å². The molecular weight excluding hydrogens is 244 g/mol. The van der Waals surface area contributed by atoms with Crippen LogP contribution in [0.4, 0.5) is 5.69 Å². The summed E-state index contributed by atoms with van der Waals surface area (Å²) in [5.41, 5.74) is 1.20. The van der Waals surface area contributed by atoms with Gasteiger partial charge in [0.1, 0.15) is 0 Å². The van der Waals surface area contributed by atoms with Crippen molar-refractivity contribution < 1.29 is 14.4 Å². The van der Waals surface area contributed by atoms with E-state index in [0.29, 0.717) is 11.3 Å². The number of nitrogens with one attached hydrogen (secondary N) is 2. The number of hydrogen-bond donors (Lipinski definition) is 2. The van der Waals surface area contributed by atoms with Crippen molar-refractivity contribution in [1.29, 1.82) is 0 Å². The number of carbonyl (C=O) groups excluding carboxylic acids is 3. The second kappa shape index (κ2) is 5.65. The van der Waals surface area contributed by atoms with Crippen LogP contribution in [-0.4, -0.2) is 24.1 Å². The Hall–Kier alpha value is -2.17. The normalized spacial score (nSPS) is 13.7. The Labute approximate surface area is 111 Å². The standard InChI is InChI=1S/C14H16N2O3/c1-9(17)10-4-6-12(7-5-10)16-13(18)8-15-14(19)11-2-3-11/h4-7,11H,2-3,8H2,1H3,(H,15,19)(H,16,18). The number of ketones is 1. The van der Waals surface area contributed by atoms with Crippen molar-refractivity contribution in [2.45, 2.75) is 19.8 Å². The molecule has 2 amide bonds. The van der Waals surface area contributed by atoms with Gasteiger partial charge in [-0.2, -0.15) is 0 Å². The van der Waals surface area contributed by atoms with E-state index in [4.69, 9.17) is 0 Å². The number of amides is 2. The van der Waals surface area contributed by atoms with Crippen LogP contribution in [0.5, 0.6) is 0 Å². The Morgan fingerprint density at radius 1 is 1.16 bits per heavy atom. The average Bonchev–Trinajstić information content (AvgIpc) is 3.21. The molecule has 1 aliphatic carbocycles. The Bertz CT molecular complexity index is 504. The van der Waals surface area contributed by atoms with E-state index >= 15 is 0 Å². The van der Waals surface area contributed by atoms with Crippen LogP contribution in [0.15, 0.2) is 24.3 Å². The molecule has 0 atom stereocenters. The molecule has 2 rings (SSSR count). The zero-order valence-electron chi connectivity index (χ0n) is 10.7. The van der Waals surface area contributed by atoms with Crippen molar-refractivity contribution in [1.82, 2.24) is 5.32 Å². The molecule has 0 bridgehead atoms. The van der Waals surface area contributed by atoms with Crippen molar-refractivity contribution in [3.8, 4) is 0 Å². The highest BCUT2D eigenvalue weighted by molar-refractivity contribution is 5.97. The van der Waals surface area contributed by atoms with Crippen LogP contribution in [0.2, 0.25) is 0 Å². The van der Waals surface area contributed by atoms with Gasteiger partial charge in [0.05, 0.1) is 6.54 Å². The van der Waals surface area contributed by atoms with Crippen LogP contribution in [0.1, 0.15) is 30.1 Å². The molecule has 1 fully saturated rings. The molecule has 5 nitrogen and oxygen atoms in total. The molecule has 0 unspecified atom stereocenters. The smallest absolute Gasteiger partial charge is 0.243 e. The number of carbonyl (C=O) groups is 3. The Kier molecular flexibility index (Phi) is 3.94. The molecule has 5 heteroatoms. The third-order valence-corrected chi connectivity index (χ3v) is 2.95. The topological polar surface area (TPSA) is 75.3 Å². The minimum absolute atomic E-state index is 0.0189. The molecule has 1 saturated carbocycles. The highest BCUT2D eigenvalue weighted by Crippen LogP contribution is 2.28. The first kappa shape index (κ1) is 13.3. The van der Waals surface area contributed by atoms with E-state index in [1.165, 1.54) is 6.92 Å². The lowest BCUT2D eigenvalue weighted by atomic mass is 10.1. The maximum Gasteiger partial charge on any atom is 0.243 e. The summed E-state index contributed by atoms with van der Waals surface area (Å²) in [6.45, 7) is 1.46. The van der Waals surface area contributed by atoms with Gasteiger partial charge in [-0.25, -0.2) is 0 Å². The summed E-state index contributed by atoms with van der Waals surface area (Å²) in [6, 6.07) is 6.64. The average molecular weight is 260 g/mol. The minimum Gasteiger partial charge on any atom is -0.347 e. The van der Waals surface area contributed by atoms with Gasteiger partial charge in [-0.15, -0.1) is 0 Å². The van der Waals surface area contributed by atoms with Gasteiger partial charge in [0.25, 0.3) is 0 Å². The Morgan fingerprint density at radius 3 is 2.32 bits per heavy atom. The van der Waals surface area contributed by atoms with E-state index in [1.54, 1.807) is 24.3 Å². The molecule has 0 spiro atoms. The lowest BCUT2D eigenvalue weighted by Gasteiger charge is -2.07. The van der Waals surface area contributed by atoms with Gasteiger partial charge in [-0.3, -0.25) is 14.4 Å². The van der Waals surface area contributed by atoms with E-state index in [2.05, 4.69) is 10.6 Å². The van der Waals surface area contributed by atoms with Crippen LogP contribution < -0.4 is 10.6 Å². The highest BCUT2D eigenvalue weighted by atomic mass is 16.2. The second-order valence-corrected chi connectivity index (χ2v) is 4.67. The molecule has 0 aliphatic heterocycles. The van der Waals surface area contributed by atoms with Crippen molar-refractivity contribution in [3.63, 3.8) is 0 Å². The highest BCUT2D eigenvalue weighted by Gasteiger charge is 2.29. The minimum atomic E-state index is -0.274. The quantitative estimate of drug-likeness (QED) is 0.785. The van der Waals surface area contributed by atoms with Crippen molar-refractivity contribution in [2.75, 3.05) is 11.9 Å². The summed E-state index contributed by atoms with van der Waals surface area (Å²) in [4.78, 5) is 34.0. The monoisotopic (exact) mass is 260 g/mol. The number of anilines is 1. The second-order valence-electron chi connectivity index (χ2n) is 4.67. The first-order valence-electron chi connectivity index (χ1n) is 6.25. The van der Waals surface area contributed by atoms with Gasteiger partial charge in [0.15, 0.2) is 5.78 Å². The van der Waals surface area contributed by atoms with Crippen LogP contribution in [0.3, 0.4) is 0 Å². The fourth-order valence-electron chi connectivity index (χ4n) is 1.65. The number of Topliss-reactive ketones (excluding diaryl/α,β-unsaturated/α-hetero) is 1.